The molecule has 2 unspecified atom stereocenters. The molecule has 1 aliphatic heterocycles. The largest absolute Gasteiger partial charge is 0.338 e. The molecule has 1 amide bonds. The molecule has 1 aliphatic rings. The summed E-state index contributed by atoms with van der Waals surface area (Å²) in [5.41, 5.74) is 5.91. The predicted molar refractivity (Wildman–Crippen MR) is 76.9 cm³/mol. The van der Waals surface area contributed by atoms with Gasteiger partial charge < -0.3 is 10.6 Å². The van der Waals surface area contributed by atoms with Gasteiger partial charge in [0, 0.05) is 25.0 Å². The van der Waals surface area contributed by atoms with E-state index in [2.05, 4.69) is 6.58 Å². The van der Waals surface area contributed by atoms with E-state index in [1.807, 2.05) is 11.8 Å². The van der Waals surface area contributed by atoms with Crippen LogP contribution in [0.3, 0.4) is 0 Å². The maximum absolute atomic E-state index is 11.9. The first-order valence-corrected chi connectivity index (χ1v) is 5.82. The molecule has 5 heteroatoms. The predicted octanol–water partition coefficient (Wildman–Crippen LogP) is 2.52. The molecule has 0 spiro atoms. The van der Waals surface area contributed by atoms with Crippen molar-refractivity contribution in [2.75, 3.05) is 6.54 Å². The van der Waals surface area contributed by atoms with Gasteiger partial charge in [0.25, 0.3) is 0 Å². The van der Waals surface area contributed by atoms with E-state index < -0.39 is 0 Å². The van der Waals surface area contributed by atoms with Gasteiger partial charge in [0.05, 0.1) is 0 Å². The zero-order valence-electron chi connectivity index (χ0n) is 10.4. The smallest absolute Gasteiger partial charge is 0.223 e. The molecule has 0 radical (unpaired) electrons. The highest BCUT2D eigenvalue weighted by molar-refractivity contribution is 5.85. The van der Waals surface area contributed by atoms with Crippen LogP contribution >= 0.6 is 24.8 Å². The number of allylic oxidation sites excluding steroid dienone is 1. The van der Waals surface area contributed by atoms with Gasteiger partial charge in [-0.25, -0.2) is 0 Å². The summed E-state index contributed by atoms with van der Waals surface area (Å²) in [7, 11) is 0. The fourth-order valence-electron chi connectivity index (χ4n) is 2.18. The summed E-state index contributed by atoms with van der Waals surface area (Å²) in [5, 5.41) is 0. The minimum Gasteiger partial charge on any atom is -0.338 e. The lowest BCUT2D eigenvalue weighted by atomic mass is 9.96. The molecule has 102 valence electrons. The molecule has 0 bridgehead atoms. The first-order chi connectivity index (χ1) is 7.16. The lowest BCUT2D eigenvalue weighted by molar-refractivity contribution is -0.135. The molecule has 0 saturated carbocycles. The summed E-state index contributed by atoms with van der Waals surface area (Å²) in [6.07, 6.45) is 6.49. The van der Waals surface area contributed by atoms with Crippen LogP contribution in [-0.2, 0) is 4.79 Å². The second-order valence-electron chi connectivity index (χ2n) is 4.34. The van der Waals surface area contributed by atoms with Crippen LogP contribution in [0.5, 0.6) is 0 Å². The van der Waals surface area contributed by atoms with Crippen LogP contribution < -0.4 is 5.73 Å². The summed E-state index contributed by atoms with van der Waals surface area (Å²) in [4.78, 5) is 13.9. The number of hydrogen-bond donors (Lipinski definition) is 1. The number of carbonyl (C=O) groups excluding carboxylic acids is 1. The topological polar surface area (TPSA) is 46.3 Å². The fraction of sp³-hybridized carbons (Fsp3) is 0.750. The molecular weight excluding hydrogens is 259 g/mol. The van der Waals surface area contributed by atoms with E-state index in [1.165, 1.54) is 6.42 Å². The third-order valence-electron chi connectivity index (χ3n) is 3.04. The third-order valence-corrected chi connectivity index (χ3v) is 3.04. The Morgan fingerprint density at radius 2 is 2.18 bits per heavy atom. The lowest BCUT2D eigenvalue weighted by Crippen LogP contribution is -2.51. The summed E-state index contributed by atoms with van der Waals surface area (Å²) in [6, 6.07) is 0.328. The molecule has 2 N–H and O–H groups in total. The first-order valence-electron chi connectivity index (χ1n) is 5.82. The van der Waals surface area contributed by atoms with Crippen molar-refractivity contribution < 1.29 is 4.79 Å². The Balaban J connectivity index is 0. The number of nitrogens with zero attached hydrogens (tertiary/aromatic N) is 1. The highest BCUT2D eigenvalue weighted by atomic mass is 35.5. The van der Waals surface area contributed by atoms with E-state index >= 15 is 0 Å². The van der Waals surface area contributed by atoms with E-state index in [4.69, 9.17) is 5.73 Å². The second-order valence-corrected chi connectivity index (χ2v) is 4.34. The number of carbonyl (C=O) groups is 1. The van der Waals surface area contributed by atoms with Crippen molar-refractivity contribution in [2.24, 2.45) is 5.73 Å². The van der Waals surface area contributed by atoms with Crippen molar-refractivity contribution in [1.29, 1.82) is 0 Å². The maximum atomic E-state index is 11.9. The number of amides is 1. The van der Waals surface area contributed by atoms with E-state index in [9.17, 15) is 4.79 Å². The second kappa shape index (κ2) is 9.75. The maximum Gasteiger partial charge on any atom is 0.223 e. The fourth-order valence-corrected chi connectivity index (χ4v) is 2.18. The highest BCUT2D eigenvalue weighted by Crippen LogP contribution is 2.20. The minimum absolute atomic E-state index is 0. The van der Waals surface area contributed by atoms with Crippen molar-refractivity contribution in [3.8, 4) is 0 Å². The summed E-state index contributed by atoms with van der Waals surface area (Å²) < 4.78 is 0. The quantitative estimate of drug-likeness (QED) is 0.806. The van der Waals surface area contributed by atoms with Gasteiger partial charge in [0.2, 0.25) is 5.91 Å². The van der Waals surface area contributed by atoms with Crippen LogP contribution in [0.25, 0.3) is 0 Å². The molecule has 0 aromatic heterocycles. The van der Waals surface area contributed by atoms with Crippen molar-refractivity contribution in [2.45, 2.75) is 51.1 Å². The van der Waals surface area contributed by atoms with Gasteiger partial charge in [-0.1, -0.05) is 6.08 Å². The minimum atomic E-state index is 0. The average molecular weight is 283 g/mol. The molecule has 0 aliphatic carbocycles. The monoisotopic (exact) mass is 282 g/mol. The van der Waals surface area contributed by atoms with Crippen LogP contribution in [0.2, 0.25) is 0 Å². The van der Waals surface area contributed by atoms with Crippen LogP contribution in [0.4, 0.5) is 0 Å². The zero-order chi connectivity index (χ0) is 11.3. The highest BCUT2D eigenvalue weighted by Gasteiger charge is 2.28. The molecule has 0 aromatic rings. The molecule has 3 nitrogen and oxygen atoms in total. The van der Waals surface area contributed by atoms with Gasteiger partial charge in [0.15, 0.2) is 0 Å². The van der Waals surface area contributed by atoms with Crippen LogP contribution in [-0.4, -0.2) is 29.4 Å². The molecule has 0 aromatic carbocycles. The van der Waals surface area contributed by atoms with Crippen molar-refractivity contribution in [3.05, 3.63) is 12.7 Å². The van der Waals surface area contributed by atoms with E-state index in [1.54, 1.807) is 6.08 Å². The van der Waals surface area contributed by atoms with Crippen molar-refractivity contribution >= 4 is 30.7 Å². The molecule has 1 heterocycles. The Labute approximate surface area is 117 Å². The molecule has 17 heavy (non-hydrogen) atoms. The summed E-state index contributed by atoms with van der Waals surface area (Å²) in [6.45, 7) is 6.50. The number of likely N-dealkylation sites (tertiary alicyclic amines) is 1. The Kier molecular flexibility index (Phi) is 10.9. The Bertz CT molecular complexity index is 235. The van der Waals surface area contributed by atoms with E-state index in [0.717, 1.165) is 25.8 Å². The van der Waals surface area contributed by atoms with Crippen LogP contribution in [0.15, 0.2) is 12.7 Å². The van der Waals surface area contributed by atoms with Crippen LogP contribution in [0, 0.1) is 0 Å². The van der Waals surface area contributed by atoms with Gasteiger partial charge in [-0.05, 0) is 32.6 Å². The average Bonchev–Trinajstić information content (AvgIpc) is 2.25. The number of rotatable bonds is 4. The summed E-state index contributed by atoms with van der Waals surface area (Å²) in [5.74, 6) is 0.233. The third kappa shape index (κ3) is 5.75. The standard InChI is InChI=1S/C12H22N2O.2ClH/c1-3-4-8-12(15)14-9-6-5-7-11(14)10(2)13;;/h3,10-11H,1,4-9,13H2,2H3;2*1H. The first kappa shape index (κ1) is 19.1. The van der Waals surface area contributed by atoms with Crippen molar-refractivity contribution in [3.63, 3.8) is 0 Å². The Morgan fingerprint density at radius 1 is 1.53 bits per heavy atom. The van der Waals surface area contributed by atoms with E-state index in [-0.39, 0.29) is 42.8 Å². The SMILES string of the molecule is C=CCCC(=O)N1CCCCC1C(C)N.Cl.Cl. The van der Waals surface area contributed by atoms with Gasteiger partial charge >= 0.3 is 0 Å². The lowest BCUT2D eigenvalue weighted by Gasteiger charge is -2.38. The summed E-state index contributed by atoms with van der Waals surface area (Å²) >= 11 is 0. The van der Waals surface area contributed by atoms with Gasteiger partial charge in [0.1, 0.15) is 0 Å². The van der Waals surface area contributed by atoms with Gasteiger partial charge in [-0.15, -0.1) is 31.4 Å². The molecular formula is C12H24Cl2N2O. The normalized spacial score (nSPS) is 20.8. The zero-order valence-corrected chi connectivity index (χ0v) is 12.1. The molecule has 2 atom stereocenters. The van der Waals surface area contributed by atoms with E-state index in [0.29, 0.717) is 6.42 Å². The van der Waals surface area contributed by atoms with Crippen LogP contribution in [0.1, 0.15) is 39.0 Å². The number of hydrogen-bond acceptors (Lipinski definition) is 2. The molecule has 1 rings (SSSR count). The van der Waals surface area contributed by atoms with Gasteiger partial charge in [-0.2, -0.15) is 0 Å². The molecule has 1 fully saturated rings. The molecule has 1 saturated heterocycles. The van der Waals surface area contributed by atoms with Crippen molar-refractivity contribution in [1.82, 2.24) is 4.90 Å². The number of piperidine rings is 1. The number of halogens is 2. The van der Waals surface area contributed by atoms with Gasteiger partial charge in [-0.3, -0.25) is 4.79 Å². The Morgan fingerprint density at radius 3 is 2.71 bits per heavy atom. The Hall–Kier alpha value is -0.250. The number of nitrogens with two attached hydrogens (primary N) is 1.